The molecule has 1 aromatic rings. The minimum absolute atomic E-state index is 0.0493. The van der Waals surface area contributed by atoms with Crippen LogP contribution in [-0.4, -0.2) is 36.7 Å². The lowest BCUT2D eigenvalue weighted by molar-refractivity contribution is -0.0238. The molecule has 0 spiro atoms. The van der Waals surface area contributed by atoms with Gasteiger partial charge in [0.15, 0.2) is 0 Å². The Labute approximate surface area is 122 Å². The van der Waals surface area contributed by atoms with E-state index >= 15 is 0 Å². The van der Waals surface area contributed by atoms with Gasteiger partial charge in [-0.2, -0.15) is 0 Å². The predicted octanol–water partition coefficient (Wildman–Crippen LogP) is 1.86. The van der Waals surface area contributed by atoms with E-state index in [1.807, 2.05) is 0 Å². The number of hydrogen-bond acceptors (Lipinski definition) is 4. The van der Waals surface area contributed by atoms with E-state index in [0.717, 1.165) is 32.7 Å². The number of rotatable bonds is 5. The predicted molar refractivity (Wildman–Crippen MR) is 82.4 cm³/mol. The number of ether oxygens (including phenoxy) is 1. The Kier molecular flexibility index (Phi) is 5.16. The van der Waals surface area contributed by atoms with Gasteiger partial charge in [0.25, 0.3) is 0 Å². The fraction of sp³-hybridized carbons (Fsp3) is 0.625. The SMILES string of the molecule is CCc1ccc(C(NN)C(C)(C)N2CCOCC2)cc1. The van der Waals surface area contributed by atoms with Gasteiger partial charge in [0, 0.05) is 18.6 Å². The lowest BCUT2D eigenvalue weighted by Gasteiger charge is -2.45. The molecule has 1 fully saturated rings. The van der Waals surface area contributed by atoms with Gasteiger partial charge in [-0.1, -0.05) is 31.2 Å². The number of nitrogens with two attached hydrogens (primary N) is 1. The minimum atomic E-state index is -0.0493. The molecule has 0 radical (unpaired) electrons. The van der Waals surface area contributed by atoms with Crippen molar-refractivity contribution in [2.24, 2.45) is 5.84 Å². The van der Waals surface area contributed by atoms with Gasteiger partial charge in [-0.3, -0.25) is 16.2 Å². The van der Waals surface area contributed by atoms with Crippen LogP contribution in [0.25, 0.3) is 0 Å². The smallest absolute Gasteiger partial charge is 0.0638 e. The minimum Gasteiger partial charge on any atom is -0.379 e. The first-order valence-electron chi connectivity index (χ1n) is 7.47. The lowest BCUT2D eigenvalue weighted by Crippen LogP contribution is -2.57. The summed E-state index contributed by atoms with van der Waals surface area (Å²) in [6.45, 7) is 10.2. The Morgan fingerprint density at radius 1 is 1.25 bits per heavy atom. The van der Waals surface area contributed by atoms with Gasteiger partial charge in [0.2, 0.25) is 0 Å². The Bertz CT molecular complexity index is 410. The average molecular weight is 277 g/mol. The van der Waals surface area contributed by atoms with Crippen LogP contribution in [0.4, 0.5) is 0 Å². The van der Waals surface area contributed by atoms with E-state index in [0.29, 0.717) is 0 Å². The highest BCUT2D eigenvalue weighted by Gasteiger charge is 2.36. The summed E-state index contributed by atoms with van der Waals surface area (Å²) in [6.07, 6.45) is 1.06. The summed E-state index contributed by atoms with van der Waals surface area (Å²) in [5.41, 5.74) is 5.55. The molecular formula is C16H27N3O. The van der Waals surface area contributed by atoms with E-state index in [9.17, 15) is 0 Å². The quantitative estimate of drug-likeness (QED) is 0.637. The van der Waals surface area contributed by atoms with Crippen LogP contribution in [0, 0.1) is 0 Å². The number of nitrogens with zero attached hydrogens (tertiary/aromatic N) is 1. The molecule has 1 aromatic carbocycles. The second kappa shape index (κ2) is 6.68. The molecule has 0 saturated carbocycles. The van der Waals surface area contributed by atoms with Crippen LogP contribution in [0.15, 0.2) is 24.3 Å². The maximum Gasteiger partial charge on any atom is 0.0638 e. The van der Waals surface area contributed by atoms with Gasteiger partial charge in [0.1, 0.15) is 0 Å². The third kappa shape index (κ3) is 3.20. The first-order valence-corrected chi connectivity index (χ1v) is 7.47. The lowest BCUT2D eigenvalue weighted by atomic mass is 9.86. The van der Waals surface area contributed by atoms with Crippen molar-refractivity contribution >= 4 is 0 Å². The molecule has 3 N–H and O–H groups in total. The first-order chi connectivity index (χ1) is 9.59. The van der Waals surface area contributed by atoms with Crippen molar-refractivity contribution in [1.82, 2.24) is 10.3 Å². The third-order valence-corrected chi connectivity index (χ3v) is 4.42. The summed E-state index contributed by atoms with van der Waals surface area (Å²) >= 11 is 0. The molecule has 112 valence electrons. The zero-order valence-electron chi connectivity index (χ0n) is 12.9. The monoisotopic (exact) mass is 277 g/mol. The summed E-state index contributed by atoms with van der Waals surface area (Å²) in [5.74, 6) is 5.86. The van der Waals surface area contributed by atoms with Crippen LogP contribution in [-0.2, 0) is 11.2 Å². The fourth-order valence-corrected chi connectivity index (χ4v) is 2.98. The fourth-order valence-electron chi connectivity index (χ4n) is 2.98. The molecule has 0 amide bonds. The van der Waals surface area contributed by atoms with E-state index in [1.165, 1.54) is 11.1 Å². The average Bonchev–Trinajstić information content (AvgIpc) is 2.49. The van der Waals surface area contributed by atoms with Crippen molar-refractivity contribution in [3.63, 3.8) is 0 Å². The summed E-state index contributed by atoms with van der Waals surface area (Å²) in [7, 11) is 0. The van der Waals surface area contributed by atoms with Gasteiger partial charge >= 0.3 is 0 Å². The largest absolute Gasteiger partial charge is 0.379 e. The molecule has 1 aliphatic rings. The molecule has 0 bridgehead atoms. The van der Waals surface area contributed by atoms with E-state index in [4.69, 9.17) is 10.6 Å². The van der Waals surface area contributed by atoms with Gasteiger partial charge in [0.05, 0.1) is 19.3 Å². The number of hydrazine groups is 1. The molecule has 1 aliphatic heterocycles. The van der Waals surface area contributed by atoms with Crippen molar-refractivity contribution in [2.45, 2.75) is 38.8 Å². The summed E-state index contributed by atoms with van der Waals surface area (Å²) in [4.78, 5) is 2.45. The maximum absolute atomic E-state index is 5.86. The van der Waals surface area contributed by atoms with Gasteiger partial charge in [-0.25, -0.2) is 0 Å². The molecule has 0 aromatic heterocycles. The number of benzene rings is 1. The standard InChI is InChI=1S/C16H27N3O/c1-4-13-5-7-14(8-6-13)15(18-17)16(2,3)19-9-11-20-12-10-19/h5-8,15,18H,4,9-12,17H2,1-3H3. The van der Waals surface area contributed by atoms with Crippen LogP contribution in [0.3, 0.4) is 0 Å². The molecule has 1 atom stereocenters. The van der Waals surface area contributed by atoms with Crippen LogP contribution in [0.1, 0.15) is 37.9 Å². The van der Waals surface area contributed by atoms with Crippen molar-refractivity contribution in [1.29, 1.82) is 0 Å². The Hall–Kier alpha value is -0.940. The van der Waals surface area contributed by atoms with Crippen molar-refractivity contribution in [2.75, 3.05) is 26.3 Å². The van der Waals surface area contributed by atoms with Gasteiger partial charge < -0.3 is 4.74 Å². The Morgan fingerprint density at radius 3 is 2.35 bits per heavy atom. The van der Waals surface area contributed by atoms with Crippen LogP contribution >= 0.6 is 0 Å². The summed E-state index contributed by atoms with van der Waals surface area (Å²) in [6, 6.07) is 8.85. The maximum atomic E-state index is 5.86. The van der Waals surface area contributed by atoms with E-state index in [-0.39, 0.29) is 11.6 Å². The van der Waals surface area contributed by atoms with Gasteiger partial charge in [-0.15, -0.1) is 0 Å². The molecular weight excluding hydrogens is 250 g/mol. The van der Waals surface area contributed by atoms with E-state index < -0.39 is 0 Å². The van der Waals surface area contributed by atoms with Crippen molar-refractivity contribution in [3.05, 3.63) is 35.4 Å². The normalized spacial score (nSPS) is 19.0. The highest BCUT2D eigenvalue weighted by molar-refractivity contribution is 5.27. The zero-order valence-corrected chi connectivity index (χ0v) is 12.9. The van der Waals surface area contributed by atoms with E-state index in [2.05, 4.69) is 55.4 Å². The van der Waals surface area contributed by atoms with E-state index in [1.54, 1.807) is 0 Å². The molecule has 1 saturated heterocycles. The third-order valence-electron chi connectivity index (χ3n) is 4.42. The van der Waals surface area contributed by atoms with Crippen molar-refractivity contribution < 1.29 is 4.74 Å². The summed E-state index contributed by atoms with van der Waals surface area (Å²) < 4.78 is 5.45. The van der Waals surface area contributed by atoms with Crippen LogP contribution < -0.4 is 11.3 Å². The highest BCUT2D eigenvalue weighted by Crippen LogP contribution is 2.31. The molecule has 20 heavy (non-hydrogen) atoms. The molecule has 2 rings (SSSR count). The summed E-state index contributed by atoms with van der Waals surface area (Å²) in [5, 5.41) is 0. The van der Waals surface area contributed by atoms with Gasteiger partial charge in [-0.05, 0) is 31.4 Å². The molecule has 0 aliphatic carbocycles. The zero-order chi connectivity index (χ0) is 14.6. The Balaban J connectivity index is 2.20. The topological polar surface area (TPSA) is 50.5 Å². The van der Waals surface area contributed by atoms with Crippen LogP contribution in [0.2, 0.25) is 0 Å². The molecule has 4 nitrogen and oxygen atoms in total. The second-order valence-corrected chi connectivity index (χ2v) is 5.95. The first kappa shape index (κ1) is 15.4. The highest BCUT2D eigenvalue weighted by atomic mass is 16.5. The second-order valence-electron chi connectivity index (χ2n) is 5.95. The Morgan fingerprint density at radius 2 is 1.85 bits per heavy atom. The number of aryl methyl sites for hydroxylation is 1. The van der Waals surface area contributed by atoms with Crippen LogP contribution in [0.5, 0.6) is 0 Å². The van der Waals surface area contributed by atoms with Crippen molar-refractivity contribution in [3.8, 4) is 0 Å². The number of hydrogen-bond donors (Lipinski definition) is 2. The number of nitrogens with one attached hydrogen (secondary N) is 1. The molecule has 1 unspecified atom stereocenters. The molecule has 1 heterocycles. The number of morpholine rings is 1. The molecule has 4 heteroatoms.